The Bertz CT molecular complexity index is 445. The molecule has 2 atom stereocenters. The van der Waals surface area contributed by atoms with Crippen LogP contribution in [0.5, 0.6) is 0 Å². The minimum atomic E-state index is -4.45. The standard InChI is InChI=1S/C12H18F3N3OS/c1-3-8(17-10(19)5-4-7(2)16)11-18-9(6-20-11)12(13,14)15/h6-8H,3-5,16H2,1-2H3,(H,17,19). The molecule has 0 saturated carbocycles. The Balaban J connectivity index is 2.67. The third-order valence-electron chi connectivity index (χ3n) is 2.68. The van der Waals surface area contributed by atoms with Gasteiger partial charge in [-0.1, -0.05) is 6.92 Å². The summed E-state index contributed by atoms with van der Waals surface area (Å²) in [6, 6.07) is -0.575. The highest BCUT2D eigenvalue weighted by Gasteiger charge is 2.34. The molecule has 0 radical (unpaired) electrons. The van der Waals surface area contributed by atoms with Gasteiger partial charge in [-0.25, -0.2) is 4.98 Å². The fourth-order valence-corrected chi connectivity index (χ4v) is 2.50. The van der Waals surface area contributed by atoms with E-state index in [9.17, 15) is 18.0 Å². The summed E-state index contributed by atoms with van der Waals surface area (Å²) in [5.74, 6) is -0.224. The number of nitrogens with zero attached hydrogens (tertiary/aromatic N) is 1. The number of nitrogens with one attached hydrogen (secondary N) is 1. The molecule has 4 nitrogen and oxygen atoms in total. The lowest BCUT2D eigenvalue weighted by Gasteiger charge is -2.15. The fourth-order valence-electron chi connectivity index (χ4n) is 1.54. The first kappa shape index (κ1) is 16.9. The molecule has 0 aromatic carbocycles. The summed E-state index contributed by atoms with van der Waals surface area (Å²) < 4.78 is 37.5. The normalized spacial score (nSPS) is 14.9. The topological polar surface area (TPSA) is 68.0 Å². The first-order chi connectivity index (χ1) is 9.24. The first-order valence-electron chi connectivity index (χ1n) is 6.31. The van der Waals surface area contributed by atoms with Crippen LogP contribution < -0.4 is 11.1 Å². The van der Waals surface area contributed by atoms with E-state index in [-0.39, 0.29) is 23.4 Å². The number of halogens is 3. The Morgan fingerprint density at radius 2 is 2.20 bits per heavy atom. The molecule has 8 heteroatoms. The molecule has 3 N–H and O–H groups in total. The summed E-state index contributed by atoms with van der Waals surface area (Å²) in [6.45, 7) is 3.58. The van der Waals surface area contributed by atoms with Gasteiger partial charge in [-0.2, -0.15) is 13.2 Å². The van der Waals surface area contributed by atoms with Crippen molar-refractivity contribution in [3.63, 3.8) is 0 Å². The Morgan fingerprint density at radius 1 is 1.55 bits per heavy atom. The van der Waals surface area contributed by atoms with Gasteiger partial charge >= 0.3 is 6.18 Å². The van der Waals surface area contributed by atoms with Gasteiger partial charge in [0.05, 0.1) is 6.04 Å². The molecule has 1 amide bonds. The quantitative estimate of drug-likeness (QED) is 0.849. The van der Waals surface area contributed by atoms with Crippen molar-refractivity contribution < 1.29 is 18.0 Å². The minimum Gasteiger partial charge on any atom is -0.347 e. The van der Waals surface area contributed by atoms with Crippen molar-refractivity contribution in [2.24, 2.45) is 5.73 Å². The second-order valence-electron chi connectivity index (χ2n) is 4.61. The zero-order valence-corrected chi connectivity index (χ0v) is 12.1. The maximum absolute atomic E-state index is 12.5. The number of hydrogen-bond donors (Lipinski definition) is 2. The minimum absolute atomic E-state index is 0.0856. The van der Waals surface area contributed by atoms with Gasteiger partial charge in [0, 0.05) is 17.8 Å². The predicted octanol–water partition coefficient (Wildman–Crippen LogP) is 2.86. The third kappa shape index (κ3) is 5.09. The highest BCUT2D eigenvalue weighted by Crippen LogP contribution is 2.32. The second-order valence-corrected chi connectivity index (χ2v) is 5.50. The number of amides is 1. The molecular weight excluding hydrogens is 291 g/mol. The first-order valence-corrected chi connectivity index (χ1v) is 7.19. The summed E-state index contributed by atoms with van der Waals surface area (Å²) in [5, 5.41) is 3.93. The molecule has 1 heterocycles. The van der Waals surface area contributed by atoms with Gasteiger partial charge in [-0.15, -0.1) is 11.3 Å². The molecule has 0 aliphatic heterocycles. The van der Waals surface area contributed by atoms with E-state index in [0.29, 0.717) is 12.8 Å². The van der Waals surface area contributed by atoms with Crippen LogP contribution in [-0.4, -0.2) is 16.9 Å². The highest BCUT2D eigenvalue weighted by atomic mass is 32.1. The average molecular weight is 309 g/mol. The molecular formula is C12H18F3N3OS. The number of carbonyl (C=O) groups excluding carboxylic acids is 1. The van der Waals surface area contributed by atoms with Crippen LogP contribution in [0.3, 0.4) is 0 Å². The second kappa shape index (κ2) is 7.03. The number of rotatable bonds is 6. The van der Waals surface area contributed by atoms with Crippen LogP contribution in [0.4, 0.5) is 13.2 Å². The molecule has 1 aromatic rings. The smallest absolute Gasteiger partial charge is 0.347 e. The monoisotopic (exact) mass is 309 g/mol. The molecule has 0 spiro atoms. The van der Waals surface area contributed by atoms with Gasteiger partial charge in [0.25, 0.3) is 0 Å². The molecule has 0 aliphatic rings. The van der Waals surface area contributed by atoms with Crippen molar-refractivity contribution in [3.05, 3.63) is 16.1 Å². The molecule has 0 fully saturated rings. The Hall–Kier alpha value is -1.15. The van der Waals surface area contributed by atoms with Gasteiger partial charge in [0.1, 0.15) is 5.01 Å². The number of aromatic nitrogens is 1. The maximum atomic E-state index is 12.5. The Morgan fingerprint density at radius 3 is 2.65 bits per heavy atom. The summed E-state index contributed by atoms with van der Waals surface area (Å²) in [6.07, 6.45) is -3.18. The van der Waals surface area contributed by atoms with Crippen LogP contribution in [0.15, 0.2) is 5.38 Å². The molecule has 1 rings (SSSR count). The van der Waals surface area contributed by atoms with Gasteiger partial charge in [0.2, 0.25) is 5.91 Å². The summed E-state index contributed by atoms with van der Waals surface area (Å²) >= 11 is 0.905. The molecule has 0 saturated heterocycles. The highest BCUT2D eigenvalue weighted by molar-refractivity contribution is 7.09. The van der Waals surface area contributed by atoms with Crippen LogP contribution in [0, 0.1) is 0 Å². The van der Waals surface area contributed by atoms with Gasteiger partial charge in [-0.05, 0) is 19.8 Å². The van der Waals surface area contributed by atoms with Crippen molar-refractivity contribution in [1.82, 2.24) is 10.3 Å². The van der Waals surface area contributed by atoms with Crippen LogP contribution >= 0.6 is 11.3 Å². The van der Waals surface area contributed by atoms with E-state index in [0.717, 1.165) is 16.7 Å². The molecule has 20 heavy (non-hydrogen) atoms. The Kier molecular flexibility index (Phi) is 5.94. The molecule has 0 bridgehead atoms. The lowest BCUT2D eigenvalue weighted by Crippen LogP contribution is -2.29. The largest absolute Gasteiger partial charge is 0.434 e. The molecule has 114 valence electrons. The van der Waals surface area contributed by atoms with Gasteiger partial charge < -0.3 is 11.1 Å². The lowest BCUT2D eigenvalue weighted by molar-refractivity contribution is -0.140. The van der Waals surface area contributed by atoms with E-state index in [1.165, 1.54) is 0 Å². The number of nitrogens with two attached hydrogens (primary N) is 1. The van der Waals surface area contributed by atoms with Crippen LogP contribution in [0.25, 0.3) is 0 Å². The van der Waals surface area contributed by atoms with Gasteiger partial charge in [-0.3, -0.25) is 4.79 Å². The maximum Gasteiger partial charge on any atom is 0.434 e. The van der Waals surface area contributed by atoms with E-state index >= 15 is 0 Å². The van der Waals surface area contributed by atoms with Crippen molar-refractivity contribution >= 4 is 17.2 Å². The molecule has 2 unspecified atom stereocenters. The van der Waals surface area contributed by atoms with Crippen molar-refractivity contribution in [3.8, 4) is 0 Å². The molecule has 1 aromatic heterocycles. The summed E-state index contributed by atoms with van der Waals surface area (Å²) in [7, 11) is 0. The molecule has 0 aliphatic carbocycles. The number of carbonyl (C=O) groups is 1. The lowest BCUT2D eigenvalue weighted by atomic mass is 10.1. The third-order valence-corrected chi connectivity index (χ3v) is 3.64. The van der Waals surface area contributed by atoms with E-state index in [1.807, 2.05) is 0 Å². The fraction of sp³-hybridized carbons (Fsp3) is 0.667. The zero-order valence-electron chi connectivity index (χ0n) is 11.3. The van der Waals surface area contributed by atoms with Crippen molar-refractivity contribution in [2.75, 3.05) is 0 Å². The number of alkyl halides is 3. The SMILES string of the molecule is CCC(NC(=O)CCC(C)N)c1nc(C(F)(F)F)cs1. The Labute approximate surface area is 119 Å². The van der Waals surface area contributed by atoms with Crippen LogP contribution in [0.1, 0.15) is 49.9 Å². The zero-order chi connectivity index (χ0) is 15.3. The average Bonchev–Trinajstić information content (AvgIpc) is 2.82. The van der Waals surface area contributed by atoms with Gasteiger partial charge in [0.15, 0.2) is 5.69 Å². The summed E-state index contributed by atoms with van der Waals surface area (Å²) in [5.41, 5.74) is 4.64. The van der Waals surface area contributed by atoms with E-state index < -0.39 is 17.9 Å². The summed E-state index contributed by atoms with van der Waals surface area (Å²) in [4.78, 5) is 15.2. The van der Waals surface area contributed by atoms with E-state index in [4.69, 9.17) is 5.73 Å². The number of hydrogen-bond acceptors (Lipinski definition) is 4. The van der Waals surface area contributed by atoms with E-state index in [2.05, 4.69) is 10.3 Å². The number of thiazole rings is 1. The van der Waals surface area contributed by atoms with Crippen molar-refractivity contribution in [2.45, 2.75) is 51.4 Å². The van der Waals surface area contributed by atoms with Crippen LogP contribution in [-0.2, 0) is 11.0 Å². The van der Waals surface area contributed by atoms with Crippen LogP contribution in [0.2, 0.25) is 0 Å². The van der Waals surface area contributed by atoms with E-state index in [1.54, 1.807) is 13.8 Å². The predicted molar refractivity (Wildman–Crippen MR) is 71.2 cm³/mol. The van der Waals surface area contributed by atoms with Crippen molar-refractivity contribution in [1.29, 1.82) is 0 Å².